The van der Waals surface area contributed by atoms with E-state index in [1.54, 1.807) is 53.8 Å². The Balaban J connectivity index is 1.82. The second-order valence-corrected chi connectivity index (χ2v) is 20.6. The summed E-state index contributed by atoms with van der Waals surface area (Å²) in [5.74, 6) is -9.95. The summed E-state index contributed by atoms with van der Waals surface area (Å²) in [5, 5.41) is 39.2. The standard InChI is InChI=1S/C50H80N12O12S/c1-25(2)21-34(44(67)57-35(45(68)60-40(27(5)6)50(73)74)22-29-23-54-32-15-9-8-13-30(29)32)56-43(66)33(17-18-38(53)64)55-47(70)39(26(3)4)59-46(69)37-16-12-20-62(37)49(72)36(24-75)58-48(71)41(28(7)63)61-42(65)31(52)14-10-11-19-51/h8-9,13,15,23,25-28,31,33-37,39-41,54,63,75H,10-12,14,16-22,24,51-52H2,1-7H3,(H2,53,64)(H,55,70)(H,56,66)(H,57,67)(H,58,71)(H,59,69)(H,60,68)(H,61,65)(H,73,74)/t28-,31+,33+,34+,35+,36+,37+,39+,40+,41+/m1/s1. The van der Waals surface area contributed by atoms with Crippen molar-refractivity contribution in [1.29, 1.82) is 0 Å². The van der Waals surface area contributed by atoms with E-state index >= 15 is 0 Å². The predicted molar refractivity (Wildman–Crippen MR) is 282 cm³/mol. The Labute approximate surface area is 443 Å². The molecule has 9 amide bonds. The van der Waals surface area contributed by atoms with E-state index in [4.69, 9.17) is 17.2 Å². The number of para-hydroxylation sites is 1. The number of aromatic amines is 1. The van der Waals surface area contributed by atoms with Crippen molar-refractivity contribution < 1.29 is 58.2 Å². The number of amides is 9. The van der Waals surface area contributed by atoms with Gasteiger partial charge in [-0.05, 0) is 81.4 Å². The number of H-pyrrole nitrogens is 1. The third-order valence-electron chi connectivity index (χ3n) is 12.9. The number of nitrogens with one attached hydrogen (secondary N) is 8. The van der Waals surface area contributed by atoms with Crippen LogP contribution in [0.5, 0.6) is 0 Å². The van der Waals surface area contributed by atoms with E-state index in [0.29, 0.717) is 31.4 Å². The number of carboxylic acid groups (broad SMARTS) is 1. The van der Waals surface area contributed by atoms with Gasteiger partial charge in [0.25, 0.3) is 0 Å². The first-order chi connectivity index (χ1) is 35.3. The molecular formula is C50H80N12O12S. The number of primary amides is 1. The fourth-order valence-electron chi connectivity index (χ4n) is 8.60. The SMILES string of the molecule is CC(C)C[C@H](NC(=O)[C@H](CCC(N)=O)NC(=O)[C@@H](NC(=O)[C@@H]1CCCN1C(=O)[C@H](CS)NC(=O)[C@@H](NC(=O)[C@@H](N)CCCCN)[C@@H](C)O)C(C)C)C(=O)N[C@@H](Cc1c[nH]c2ccccc12)C(=O)N[C@H](C(=O)O)C(C)C. The molecule has 418 valence electrons. The van der Waals surface area contributed by atoms with E-state index in [0.717, 1.165) is 10.9 Å². The first-order valence-electron chi connectivity index (χ1n) is 25.5. The van der Waals surface area contributed by atoms with Crippen LogP contribution in [0.25, 0.3) is 10.9 Å². The number of benzene rings is 1. The van der Waals surface area contributed by atoms with E-state index in [2.05, 4.69) is 54.8 Å². The maximum Gasteiger partial charge on any atom is 0.326 e. The minimum absolute atomic E-state index is 0.0423. The summed E-state index contributed by atoms with van der Waals surface area (Å²) in [6.07, 6.45) is 1.61. The van der Waals surface area contributed by atoms with Gasteiger partial charge >= 0.3 is 5.97 Å². The Hall–Kier alpha value is -6.31. The number of aromatic nitrogens is 1. The normalized spacial score (nSPS) is 17.1. The zero-order valence-corrected chi connectivity index (χ0v) is 44.9. The highest BCUT2D eigenvalue weighted by Crippen LogP contribution is 2.22. The quantitative estimate of drug-likeness (QED) is 0.0304. The number of likely N-dealkylation sites (tertiary alicyclic amines) is 1. The number of rotatable bonds is 31. The molecule has 1 aromatic carbocycles. The van der Waals surface area contributed by atoms with E-state index in [1.165, 1.54) is 11.8 Å². The van der Waals surface area contributed by atoms with Crippen LogP contribution in [-0.4, -0.2) is 159 Å². The van der Waals surface area contributed by atoms with Crippen LogP contribution in [0.3, 0.4) is 0 Å². The number of hydrogen-bond donors (Lipinski definition) is 14. The largest absolute Gasteiger partial charge is 0.480 e. The molecule has 2 heterocycles. The lowest BCUT2D eigenvalue weighted by molar-refractivity contribution is -0.143. The molecule has 1 aliphatic heterocycles. The molecule has 0 saturated carbocycles. The maximum absolute atomic E-state index is 14.2. The molecule has 0 radical (unpaired) electrons. The molecule has 0 bridgehead atoms. The summed E-state index contributed by atoms with van der Waals surface area (Å²) in [6, 6.07) is -4.33. The Bertz CT molecular complexity index is 2310. The molecular weight excluding hydrogens is 993 g/mol. The van der Waals surface area contributed by atoms with Gasteiger partial charge < -0.3 is 74.5 Å². The van der Waals surface area contributed by atoms with Gasteiger partial charge in [-0.2, -0.15) is 12.6 Å². The van der Waals surface area contributed by atoms with Crippen LogP contribution in [0.1, 0.15) is 105 Å². The van der Waals surface area contributed by atoms with Crippen LogP contribution >= 0.6 is 12.6 Å². The number of aliphatic hydroxyl groups is 1. The molecule has 1 aromatic heterocycles. The van der Waals surface area contributed by atoms with Gasteiger partial charge in [0.05, 0.1) is 12.1 Å². The number of aliphatic hydroxyl groups excluding tert-OH is 1. The lowest BCUT2D eigenvalue weighted by atomic mass is 9.99. The van der Waals surface area contributed by atoms with Gasteiger partial charge in [-0.25, -0.2) is 4.79 Å². The lowest BCUT2D eigenvalue weighted by Gasteiger charge is -2.31. The lowest BCUT2D eigenvalue weighted by Crippen LogP contribution is -2.62. The number of carboxylic acids is 1. The number of thiol groups is 1. The third kappa shape index (κ3) is 19.1. The first-order valence-corrected chi connectivity index (χ1v) is 26.2. The fraction of sp³-hybridized carbons (Fsp3) is 0.640. The maximum atomic E-state index is 14.2. The average molecular weight is 1070 g/mol. The predicted octanol–water partition coefficient (Wildman–Crippen LogP) is -1.43. The third-order valence-corrected chi connectivity index (χ3v) is 13.2. The van der Waals surface area contributed by atoms with Crippen molar-refractivity contribution in [3.63, 3.8) is 0 Å². The molecule has 0 unspecified atom stereocenters. The highest BCUT2D eigenvalue weighted by atomic mass is 32.1. The molecule has 25 heteroatoms. The summed E-state index contributed by atoms with van der Waals surface area (Å²) in [6.45, 7) is 11.9. The molecule has 0 aliphatic carbocycles. The molecule has 1 saturated heterocycles. The number of aliphatic carboxylic acids is 1. The second-order valence-electron chi connectivity index (χ2n) is 20.2. The minimum atomic E-state index is -1.49. The van der Waals surface area contributed by atoms with Crippen molar-refractivity contribution >= 4 is 82.7 Å². The number of fused-ring (bicyclic) bond motifs is 1. The van der Waals surface area contributed by atoms with Crippen molar-refractivity contribution in [2.75, 3.05) is 18.8 Å². The van der Waals surface area contributed by atoms with Crippen LogP contribution in [0.2, 0.25) is 0 Å². The number of carbonyl (C=O) groups excluding carboxylic acids is 9. The van der Waals surface area contributed by atoms with Crippen LogP contribution in [0, 0.1) is 17.8 Å². The van der Waals surface area contributed by atoms with Crippen LogP contribution in [0.4, 0.5) is 0 Å². The van der Waals surface area contributed by atoms with E-state index in [1.807, 2.05) is 18.2 Å². The Kier molecular flexibility index (Phi) is 25.4. The van der Waals surface area contributed by atoms with Crippen LogP contribution < -0.4 is 54.4 Å². The number of unbranched alkanes of at least 4 members (excludes halogenated alkanes) is 1. The second kappa shape index (κ2) is 30.3. The van der Waals surface area contributed by atoms with Crippen molar-refractivity contribution in [3.8, 4) is 0 Å². The minimum Gasteiger partial charge on any atom is -0.480 e. The number of hydrogen-bond acceptors (Lipinski definition) is 14. The van der Waals surface area contributed by atoms with Crippen LogP contribution in [-0.2, 0) is 54.4 Å². The zero-order valence-electron chi connectivity index (χ0n) is 44.0. The zero-order chi connectivity index (χ0) is 56.3. The van der Waals surface area contributed by atoms with E-state index in [-0.39, 0.29) is 56.7 Å². The average Bonchev–Trinajstić information content (AvgIpc) is 4.01. The van der Waals surface area contributed by atoms with Crippen LogP contribution in [0.15, 0.2) is 30.5 Å². The molecule has 16 N–H and O–H groups in total. The summed E-state index contributed by atoms with van der Waals surface area (Å²) in [4.78, 5) is 139. The van der Waals surface area contributed by atoms with E-state index in [9.17, 15) is 58.2 Å². The van der Waals surface area contributed by atoms with Crippen molar-refractivity contribution in [1.82, 2.24) is 47.1 Å². The van der Waals surface area contributed by atoms with E-state index < -0.39 is 131 Å². The molecule has 3 rings (SSSR count). The number of nitrogens with zero attached hydrogens (tertiary/aromatic N) is 1. The molecule has 24 nitrogen and oxygen atoms in total. The molecule has 75 heavy (non-hydrogen) atoms. The van der Waals surface area contributed by atoms with Crippen molar-refractivity contribution in [3.05, 3.63) is 36.0 Å². The molecule has 10 atom stereocenters. The molecule has 0 spiro atoms. The van der Waals surface area contributed by atoms with Gasteiger partial charge in [0.15, 0.2) is 0 Å². The van der Waals surface area contributed by atoms with Crippen molar-refractivity contribution in [2.24, 2.45) is 35.0 Å². The van der Waals surface area contributed by atoms with Gasteiger partial charge in [0, 0.05) is 42.2 Å². The summed E-state index contributed by atoms with van der Waals surface area (Å²) in [7, 11) is 0. The Morgan fingerprint density at radius 3 is 1.88 bits per heavy atom. The first kappa shape index (κ1) is 63.0. The number of nitrogens with two attached hydrogens (primary N) is 3. The smallest absolute Gasteiger partial charge is 0.326 e. The van der Waals surface area contributed by atoms with Gasteiger partial charge in [-0.15, -0.1) is 0 Å². The summed E-state index contributed by atoms with van der Waals surface area (Å²) in [5.41, 5.74) is 18.4. The highest BCUT2D eigenvalue weighted by Gasteiger charge is 2.41. The molecule has 2 aromatic rings. The monoisotopic (exact) mass is 1070 g/mol. The van der Waals surface area contributed by atoms with Gasteiger partial charge in [-0.1, -0.05) is 66.2 Å². The molecule has 1 aliphatic rings. The summed E-state index contributed by atoms with van der Waals surface area (Å²) < 4.78 is 0. The number of carbonyl (C=O) groups is 10. The van der Waals surface area contributed by atoms with Gasteiger partial charge in [0.1, 0.15) is 48.3 Å². The van der Waals surface area contributed by atoms with Gasteiger partial charge in [-0.3, -0.25) is 43.2 Å². The topological polar surface area (TPSA) is 392 Å². The Morgan fingerprint density at radius 2 is 1.29 bits per heavy atom. The van der Waals surface area contributed by atoms with Crippen molar-refractivity contribution in [2.45, 2.75) is 167 Å². The van der Waals surface area contributed by atoms with Gasteiger partial charge in [0.2, 0.25) is 53.2 Å². The Morgan fingerprint density at radius 1 is 0.720 bits per heavy atom. The molecule has 1 fully saturated rings. The fourth-order valence-corrected chi connectivity index (χ4v) is 8.85. The summed E-state index contributed by atoms with van der Waals surface area (Å²) >= 11 is 4.27. The highest BCUT2D eigenvalue weighted by molar-refractivity contribution is 7.80.